The molecule has 0 radical (unpaired) electrons. The molecule has 3 unspecified atom stereocenters. The molecule has 0 aromatic rings. The lowest BCUT2D eigenvalue weighted by atomic mass is 10.0. The summed E-state index contributed by atoms with van der Waals surface area (Å²) in [5.41, 5.74) is 0. The molecule has 0 aromatic carbocycles. The maximum atomic E-state index is 13.2. The molecule has 3 atom stereocenters. The average Bonchev–Trinajstić information content (AvgIpc) is 3.30. The Balaban J connectivity index is 4.67. The zero-order valence-corrected chi connectivity index (χ0v) is 43.1. The fourth-order valence-electron chi connectivity index (χ4n) is 8.29. The molecule has 65 heavy (non-hydrogen) atoms. The largest absolute Gasteiger partial charge is 0.461 e. The van der Waals surface area contributed by atoms with Gasteiger partial charge < -0.3 is 20.3 Å². The summed E-state index contributed by atoms with van der Waals surface area (Å²) in [7, 11) is 0. The van der Waals surface area contributed by atoms with E-state index in [1.165, 1.54) is 167 Å². The molecule has 6 heteroatoms. The zero-order valence-electron chi connectivity index (χ0n) is 43.1. The van der Waals surface area contributed by atoms with Gasteiger partial charge in [0.15, 0.2) is 0 Å². The van der Waals surface area contributed by atoms with Crippen molar-refractivity contribution in [2.24, 2.45) is 0 Å². The first-order valence-corrected chi connectivity index (χ1v) is 28.0. The highest BCUT2D eigenvalue weighted by Crippen LogP contribution is 2.17. The van der Waals surface area contributed by atoms with Crippen LogP contribution in [0.3, 0.4) is 0 Å². The van der Waals surface area contributed by atoms with Gasteiger partial charge in [0.05, 0.1) is 25.2 Å². The number of unbranched alkanes of at least 4 members (excludes halogenated alkanes) is 29. The van der Waals surface area contributed by atoms with E-state index >= 15 is 0 Å². The van der Waals surface area contributed by atoms with Crippen molar-refractivity contribution in [1.82, 2.24) is 5.32 Å². The Labute approximate surface area is 403 Å². The molecule has 378 valence electrons. The van der Waals surface area contributed by atoms with Crippen molar-refractivity contribution in [3.8, 4) is 0 Å². The molecule has 0 rings (SSSR count). The van der Waals surface area contributed by atoms with E-state index in [0.29, 0.717) is 19.3 Å². The number of carbonyl (C=O) groups excluding carboxylic acids is 2. The lowest BCUT2D eigenvalue weighted by Gasteiger charge is -2.24. The molecule has 0 bridgehead atoms. The number of hydrogen-bond donors (Lipinski definition) is 3. The van der Waals surface area contributed by atoms with Gasteiger partial charge in [-0.15, -0.1) is 0 Å². The second-order valence-corrected chi connectivity index (χ2v) is 19.0. The molecule has 0 aliphatic carbocycles. The molecule has 6 nitrogen and oxygen atoms in total. The van der Waals surface area contributed by atoms with Crippen molar-refractivity contribution in [3.05, 3.63) is 60.8 Å². The molecule has 0 aromatic heterocycles. The highest BCUT2D eigenvalue weighted by atomic mass is 16.5. The highest BCUT2D eigenvalue weighted by Gasteiger charge is 2.23. The van der Waals surface area contributed by atoms with Crippen molar-refractivity contribution in [2.45, 2.75) is 296 Å². The smallest absolute Gasteiger partial charge is 0.306 e. The fourth-order valence-corrected chi connectivity index (χ4v) is 8.29. The molecule has 3 N–H and O–H groups in total. The number of allylic oxidation sites excluding steroid dienone is 9. The minimum absolute atomic E-state index is 0.00162. The SMILES string of the molecule is CCCCC/C=C\C/C=C\C/C=C\C/C=C\CC(CC(=O)NC(CO)C(O)CCCCCCCCCCCCCCC)OC(=O)CCCCCCC/C=C/CCCCCCCCCCC. The third-order valence-electron chi connectivity index (χ3n) is 12.6. The van der Waals surface area contributed by atoms with Gasteiger partial charge in [0.1, 0.15) is 6.10 Å². The van der Waals surface area contributed by atoms with Crippen LogP contribution in [-0.2, 0) is 14.3 Å². The molecule has 1 amide bonds. The number of esters is 1. The summed E-state index contributed by atoms with van der Waals surface area (Å²) in [5, 5.41) is 23.8. The topological polar surface area (TPSA) is 95.9 Å². The Bertz CT molecular complexity index is 1160. The summed E-state index contributed by atoms with van der Waals surface area (Å²) in [4.78, 5) is 26.2. The summed E-state index contributed by atoms with van der Waals surface area (Å²) < 4.78 is 5.88. The number of aliphatic hydroxyl groups is 2. The van der Waals surface area contributed by atoms with Crippen LogP contribution in [0.2, 0.25) is 0 Å². The zero-order chi connectivity index (χ0) is 47.4. The van der Waals surface area contributed by atoms with E-state index < -0.39 is 18.2 Å². The summed E-state index contributed by atoms with van der Waals surface area (Å²) >= 11 is 0. The minimum atomic E-state index is -0.813. The second-order valence-electron chi connectivity index (χ2n) is 19.0. The van der Waals surface area contributed by atoms with Crippen molar-refractivity contribution in [2.75, 3.05) is 6.61 Å². The van der Waals surface area contributed by atoms with Crippen LogP contribution in [0, 0.1) is 0 Å². The van der Waals surface area contributed by atoms with Crippen molar-refractivity contribution in [3.63, 3.8) is 0 Å². The van der Waals surface area contributed by atoms with Crippen molar-refractivity contribution < 1.29 is 24.5 Å². The normalized spacial score (nSPS) is 13.6. The van der Waals surface area contributed by atoms with Crippen LogP contribution >= 0.6 is 0 Å². The van der Waals surface area contributed by atoms with E-state index in [4.69, 9.17) is 4.74 Å². The van der Waals surface area contributed by atoms with E-state index in [-0.39, 0.29) is 24.9 Å². The van der Waals surface area contributed by atoms with Crippen molar-refractivity contribution in [1.29, 1.82) is 0 Å². The van der Waals surface area contributed by atoms with Gasteiger partial charge >= 0.3 is 5.97 Å². The van der Waals surface area contributed by atoms with Gasteiger partial charge in [-0.2, -0.15) is 0 Å². The lowest BCUT2D eigenvalue weighted by Crippen LogP contribution is -2.46. The van der Waals surface area contributed by atoms with Gasteiger partial charge in [-0.1, -0.05) is 248 Å². The van der Waals surface area contributed by atoms with E-state index in [9.17, 15) is 19.8 Å². The monoisotopic (exact) mass is 910 g/mol. The standard InChI is InChI=1S/C59H107NO5/c1-4-7-10-13-16-19-22-25-27-28-29-31-34-37-40-43-46-49-52-59(64)65-55(50-47-44-41-38-35-33-30-26-23-20-17-14-11-8-5-2)53-58(63)60-56(54-61)57(62)51-48-45-42-39-36-32-24-21-18-15-12-9-6-3/h17,20,26,29-31,35,38,44,47,55-57,61-62H,4-16,18-19,21-25,27-28,32-34,36-37,39-43,45-46,48-54H2,1-3H3,(H,60,63)/b20-17-,30-26-,31-29+,38-35-,47-44-. The third kappa shape index (κ3) is 47.8. The van der Waals surface area contributed by atoms with Crippen LogP contribution in [0.4, 0.5) is 0 Å². The van der Waals surface area contributed by atoms with Crippen LogP contribution in [-0.4, -0.2) is 46.9 Å². The van der Waals surface area contributed by atoms with Crippen LogP contribution in [0.1, 0.15) is 278 Å². The Hall–Kier alpha value is -2.44. The van der Waals surface area contributed by atoms with Crippen LogP contribution in [0.5, 0.6) is 0 Å². The third-order valence-corrected chi connectivity index (χ3v) is 12.6. The average molecular weight is 911 g/mol. The first-order valence-electron chi connectivity index (χ1n) is 28.0. The number of carbonyl (C=O) groups is 2. The number of hydrogen-bond acceptors (Lipinski definition) is 5. The maximum Gasteiger partial charge on any atom is 0.306 e. The van der Waals surface area contributed by atoms with Crippen LogP contribution in [0.25, 0.3) is 0 Å². The number of amides is 1. The van der Waals surface area contributed by atoms with E-state index in [1.54, 1.807) is 0 Å². The molecule has 0 saturated heterocycles. The van der Waals surface area contributed by atoms with Gasteiger partial charge in [-0.25, -0.2) is 0 Å². The number of nitrogens with one attached hydrogen (secondary N) is 1. The molecular formula is C59H107NO5. The van der Waals surface area contributed by atoms with Gasteiger partial charge in [0.2, 0.25) is 5.91 Å². The fraction of sp³-hybridized carbons (Fsp3) is 0.797. The predicted molar refractivity (Wildman–Crippen MR) is 282 cm³/mol. The maximum absolute atomic E-state index is 13.2. The van der Waals surface area contributed by atoms with E-state index in [2.05, 4.69) is 80.8 Å². The molecule has 0 heterocycles. The number of ether oxygens (including phenoxy) is 1. The molecular weight excluding hydrogens is 803 g/mol. The Morgan fingerprint density at radius 1 is 0.462 bits per heavy atom. The molecule has 0 aliphatic heterocycles. The van der Waals surface area contributed by atoms with E-state index in [1.807, 2.05) is 6.08 Å². The Morgan fingerprint density at radius 3 is 1.28 bits per heavy atom. The first-order chi connectivity index (χ1) is 32.0. The lowest BCUT2D eigenvalue weighted by molar-refractivity contribution is -0.150. The van der Waals surface area contributed by atoms with Gasteiger partial charge in [0, 0.05) is 12.8 Å². The van der Waals surface area contributed by atoms with Crippen LogP contribution < -0.4 is 5.32 Å². The second kappa shape index (κ2) is 52.5. The summed E-state index contributed by atoms with van der Waals surface area (Å²) in [6.45, 7) is 6.44. The van der Waals surface area contributed by atoms with E-state index in [0.717, 1.165) is 64.2 Å². The molecule has 0 spiro atoms. The summed E-state index contributed by atoms with van der Waals surface area (Å²) in [6.07, 6.45) is 65.9. The predicted octanol–water partition coefficient (Wildman–Crippen LogP) is 17.2. The van der Waals surface area contributed by atoms with Gasteiger partial charge in [0.25, 0.3) is 0 Å². The van der Waals surface area contributed by atoms with Gasteiger partial charge in [-0.3, -0.25) is 9.59 Å². The Kier molecular flexibility index (Phi) is 50.6. The number of rotatable bonds is 50. The molecule has 0 saturated carbocycles. The summed E-state index contributed by atoms with van der Waals surface area (Å²) in [5.74, 6) is -0.580. The first kappa shape index (κ1) is 62.6. The highest BCUT2D eigenvalue weighted by molar-refractivity contribution is 5.77. The quantitative estimate of drug-likeness (QED) is 0.0321. The van der Waals surface area contributed by atoms with Gasteiger partial charge in [-0.05, 0) is 70.6 Å². The number of aliphatic hydroxyl groups excluding tert-OH is 2. The Morgan fingerprint density at radius 2 is 0.815 bits per heavy atom. The molecule has 0 fully saturated rings. The molecule has 0 aliphatic rings. The van der Waals surface area contributed by atoms with Crippen molar-refractivity contribution >= 4 is 11.9 Å². The van der Waals surface area contributed by atoms with Crippen LogP contribution in [0.15, 0.2) is 60.8 Å². The summed E-state index contributed by atoms with van der Waals surface area (Å²) in [6, 6.07) is -0.733. The minimum Gasteiger partial charge on any atom is -0.461 e.